The van der Waals surface area contributed by atoms with Crippen molar-refractivity contribution in [2.45, 2.75) is 58.0 Å². The first-order valence-corrected chi connectivity index (χ1v) is 9.49. The van der Waals surface area contributed by atoms with Gasteiger partial charge in [0, 0.05) is 52.5 Å². The van der Waals surface area contributed by atoms with E-state index in [1.807, 2.05) is 11.3 Å². The van der Waals surface area contributed by atoms with Crippen molar-refractivity contribution in [2.75, 3.05) is 18.8 Å². The highest BCUT2D eigenvalue weighted by Gasteiger charge is 2.19. The van der Waals surface area contributed by atoms with E-state index < -0.39 is 0 Å². The molecule has 1 saturated heterocycles. The van der Waals surface area contributed by atoms with Gasteiger partial charge in [0.1, 0.15) is 0 Å². The van der Waals surface area contributed by atoms with Gasteiger partial charge in [0.15, 0.2) is 0 Å². The Kier molecular flexibility index (Phi) is 5.96. The maximum absolute atomic E-state index is 3.56. The van der Waals surface area contributed by atoms with Crippen LogP contribution in [0.1, 0.15) is 43.9 Å². The van der Waals surface area contributed by atoms with E-state index in [0.29, 0.717) is 0 Å². The van der Waals surface area contributed by atoms with Crippen molar-refractivity contribution in [3.8, 4) is 0 Å². The average molecular weight is 313 g/mol. The van der Waals surface area contributed by atoms with Gasteiger partial charge in [0.25, 0.3) is 0 Å². The standard InChI is InChI=1S/C16H28N2S2/c1-5-13-11-18(8-9-19-13)12-15-7-6-14(20-15)10-17-16(2,3)4/h6-7,13,17H,5,8-12H2,1-4H3. The lowest BCUT2D eigenvalue weighted by atomic mass is 10.1. The Morgan fingerprint density at radius 2 is 2.05 bits per heavy atom. The van der Waals surface area contributed by atoms with Gasteiger partial charge in [-0.15, -0.1) is 11.3 Å². The fourth-order valence-electron chi connectivity index (χ4n) is 2.35. The van der Waals surface area contributed by atoms with E-state index in [9.17, 15) is 0 Å². The van der Waals surface area contributed by atoms with Gasteiger partial charge in [-0.05, 0) is 39.3 Å². The van der Waals surface area contributed by atoms with Crippen molar-refractivity contribution < 1.29 is 0 Å². The summed E-state index contributed by atoms with van der Waals surface area (Å²) in [6.45, 7) is 13.6. The van der Waals surface area contributed by atoms with Crippen LogP contribution in [0.3, 0.4) is 0 Å². The second-order valence-electron chi connectivity index (χ2n) is 6.61. The number of rotatable bonds is 5. The lowest BCUT2D eigenvalue weighted by Crippen LogP contribution is -2.36. The molecule has 2 heterocycles. The summed E-state index contributed by atoms with van der Waals surface area (Å²) in [6, 6.07) is 4.60. The van der Waals surface area contributed by atoms with Crippen LogP contribution in [0.5, 0.6) is 0 Å². The Hall–Kier alpha value is -0.0300. The van der Waals surface area contributed by atoms with Crippen LogP contribution in [0.25, 0.3) is 0 Å². The molecule has 0 spiro atoms. The Balaban J connectivity index is 1.83. The normalized spacial score (nSPS) is 21.3. The van der Waals surface area contributed by atoms with Gasteiger partial charge in [0.05, 0.1) is 0 Å². The molecule has 1 N–H and O–H groups in total. The van der Waals surface area contributed by atoms with Gasteiger partial charge < -0.3 is 5.32 Å². The van der Waals surface area contributed by atoms with Gasteiger partial charge >= 0.3 is 0 Å². The Morgan fingerprint density at radius 1 is 1.30 bits per heavy atom. The third-order valence-electron chi connectivity index (χ3n) is 3.57. The minimum absolute atomic E-state index is 0.197. The summed E-state index contributed by atoms with van der Waals surface area (Å²) in [5.41, 5.74) is 0.197. The highest BCUT2D eigenvalue weighted by atomic mass is 32.2. The number of nitrogens with zero attached hydrogens (tertiary/aromatic N) is 1. The molecule has 2 nitrogen and oxygen atoms in total. The highest BCUT2D eigenvalue weighted by molar-refractivity contribution is 8.00. The first kappa shape index (κ1) is 16.3. The zero-order valence-corrected chi connectivity index (χ0v) is 14.9. The lowest BCUT2D eigenvalue weighted by molar-refractivity contribution is 0.275. The van der Waals surface area contributed by atoms with Crippen molar-refractivity contribution >= 4 is 23.1 Å². The second kappa shape index (κ2) is 7.30. The van der Waals surface area contributed by atoms with Crippen LogP contribution in [0.4, 0.5) is 0 Å². The molecule has 2 rings (SSSR count). The Morgan fingerprint density at radius 3 is 2.75 bits per heavy atom. The summed E-state index contributed by atoms with van der Waals surface area (Å²) in [6.07, 6.45) is 1.30. The van der Waals surface area contributed by atoms with Gasteiger partial charge in [-0.3, -0.25) is 4.90 Å². The molecule has 0 saturated carbocycles. The molecule has 1 aliphatic rings. The van der Waals surface area contributed by atoms with Crippen LogP contribution in [-0.2, 0) is 13.1 Å². The van der Waals surface area contributed by atoms with Gasteiger partial charge in [-0.1, -0.05) is 6.92 Å². The van der Waals surface area contributed by atoms with Crippen molar-refractivity contribution in [1.29, 1.82) is 0 Å². The summed E-state index contributed by atoms with van der Waals surface area (Å²) in [7, 11) is 0. The first-order chi connectivity index (χ1) is 9.46. The summed E-state index contributed by atoms with van der Waals surface area (Å²) in [4.78, 5) is 5.59. The molecule has 1 aliphatic heterocycles. The van der Waals surface area contributed by atoms with Crippen molar-refractivity contribution in [2.24, 2.45) is 0 Å². The molecule has 0 aliphatic carbocycles. The number of nitrogens with one attached hydrogen (secondary N) is 1. The molecule has 1 atom stereocenters. The fourth-order valence-corrected chi connectivity index (χ4v) is 4.60. The second-order valence-corrected chi connectivity index (χ2v) is 9.27. The molecule has 0 radical (unpaired) electrons. The highest BCUT2D eigenvalue weighted by Crippen LogP contribution is 2.24. The maximum atomic E-state index is 3.56. The zero-order chi connectivity index (χ0) is 14.6. The van der Waals surface area contributed by atoms with Crippen LogP contribution >= 0.6 is 23.1 Å². The molecule has 0 aromatic carbocycles. The molecule has 0 bridgehead atoms. The smallest absolute Gasteiger partial charge is 0.0328 e. The molecule has 1 unspecified atom stereocenters. The predicted octanol–water partition coefficient (Wildman–Crippen LogP) is 3.96. The average Bonchev–Trinajstić information content (AvgIpc) is 2.83. The molecular formula is C16H28N2S2. The largest absolute Gasteiger partial charge is 0.307 e. The molecule has 1 aromatic rings. The van der Waals surface area contributed by atoms with Crippen LogP contribution in [0.2, 0.25) is 0 Å². The van der Waals surface area contributed by atoms with E-state index in [2.05, 4.69) is 61.8 Å². The topological polar surface area (TPSA) is 15.3 Å². The molecular weight excluding hydrogens is 284 g/mol. The molecule has 114 valence electrons. The summed E-state index contributed by atoms with van der Waals surface area (Å²) in [5, 5.41) is 4.40. The van der Waals surface area contributed by atoms with Crippen LogP contribution in [0.15, 0.2) is 12.1 Å². The van der Waals surface area contributed by atoms with Crippen LogP contribution in [-0.4, -0.2) is 34.5 Å². The maximum Gasteiger partial charge on any atom is 0.0328 e. The minimum Gasteiger partial charge on any atom is -0.307 e. The molecule has 20 heavy (non-hydrogen) atoms. The zero-order valence-electron chi connectivity index (χ0n) is 13.2. The van der Waals surface area contributed by atoms with E-state index in [0.717, 1.165) is 18.3 Å². The lowest BCUT2D eigenvalue weighted by Gasteiger charge is -2.31. The number of thioether (sulfide) groups is 1. The molecule has 1 fully saturated rings. The first-order valence-electron chi connectivity index (χ1n) is 7.63. The minimum atomic E-state index is 0.197. The van der Waals surface area contributed by atoms with E-state index in [-0.39, 0.29) is 5.54 Å². The van der Waals surface area contributed by atoms with E-state index in [1.165, 1.54) is 35.0 Å². The number of hydrogen-bond acceptors (Lipinski definition) is 4. The van der Waals surface area contributed by atoms with E-state index in [1.54, 1.807) is 0 Å². The third kappa shape index (κ3) is 5.40. The quantitative estimate of drug-likeness (QED) is 0.886. The summed E-state index contributed by atoms with van der Waals surface area (Å²) < 4.78 is 0. The number of hydrogen-bond donors (Lipinski definition) is 1. The van der Waals surface area contributed by atoms with Crippen molar-refractivity contribution in [1.82, 2.24) is 10.2 Å². The predicted molar refractivity (Wildman–Crippen MR) is 92.7 cm³/mol. The molecule has 1 aromatic heterocycles. The monoisotopic (exact) mass is 312 g/mol. The fraction of sp³-hybridized carbons (Fsp3) is 0.750. The van der Waals surface area contributed by atoms with E-state index in [4.69, 9.17) is 0 Å². The Labute approximate surface area is 132 Å². The van der Waals surface area contributed by atoms with Gasteiger partial charge in [0.2, 0.25) is 0 Å². The van der Waals surface area contributed by atoms with Gasteiger partial charge in [-0.25, -0.2) is 0 Å². The summed E-state index contributed by atoms with van der Waals surface area (Å²) >= 11 is 4.11. The van der Waals surface area contributed by atoms with Crippen molar-refractivity contribution in [3.05, 3.63) is 21.9 Å². The van der Waals surface area contributed by atoms with Crippen LogP contribution < -0.4 is 5.32 Å². The van der Waals surface area contributed by atoms with E-state index >= 15 is 0 Å². The molecule has 0 amide bonds. The van der Waals surface area contributed by atoms with Gasteiger partial charge in [-0.2, -0.15) is 11.8 Å². The summed E-state index contributed by atoms with van der Waals surface area (Å²) in [5.74, 6) is 1.29. The third-order valence-corrected chi connectivity index (χ3v) is 6.01. The molecule has 4 heteroatoms. The Bertz CT molecular complexity index is 409. The van der Waals surface area contributed by atoms with Crippen molar-refractivity contribution in [3.63, 3.8) is 0 Å². The van der Waals surface area contributed by atoms with Crippen LogP contribution in [0, 0.1) is 0 Å². The number of thiophene rings is 1. The SMILES string of the molecule is CCC1CN(Cc2ccc(CNC(C)(C)C)s2)CCS1.